The number of hydrogen-bond donors (Lipinski definition) is 1. The minimum atomic E-state index is -3.73. The third kappa shape index (κ3) is 3.01. The Balaban J connectivity index is 2.37. The van der Waals surface area contributed by atoms with Gasteiger partial charge in [0.2, 0.25) is 0 Å². The van der Waals surface area contributed by atoms with E-state index < -0.39 is 10.0 Å². The van der Waals surface area contributed by atoms with E-state index in [4.69, 9.17) is 11.6 Å². The Morgan fingerprint density at radius 1 is 1.22 bits per heavy atom. The molecule has 1 heterocycles. The summed E-state index contributed by atoms with van der Waals surface area (Å²) in [6.45, 7) is 0. The lowest BCUT2D eigenvalue weighted by atomic mass is 10.3. The maximum atomic E-state index is 12.1. The van der Waals surface area contributed by atoms with Crippen molar-refractivity contribution < 1.29 is 8.42 Å². The highest BCUT2D eigenvalue weighted by Gasteiger charge is 2.18. The van der Waals surface area contributed by atoms with Gasteiger partial charge in [-0.1, -0.05) is 33.6 Å². The van der Waals surface area contributed by atoms with Crippen LogP contribution in [0.1, 0.15) is 0 Å². The Kier molecular flexibility index (Phi) is 3.89. The number of nitrogens with one attached hydrogen (secondary N) is 1. The van der Waals surface area contributed by atoms with Crippen LogP contribution in [0.2, 0.25) is 5.15 Å². The van der Waals surface area contributed by atoms with Crippen molar-refractivity contribution in [2.24, 2.45) is 0 Å². The number of nitrogens with zero attached hydrogens (tertiary/aromatic N) is 1. The Morgan fingerprint density at radius 3 is 2.67 bits per heavy atom. The molecule has 7 heteroatoms. The van der Waals surface area contributed by atoms with Crippen LogP contribution in [-0.4, -0.2) is 13.4 Å². The van der Waals surface area contributed by atoms with Crippen LogP contribution in [0.3, 0.4) is 0 Å². The minimum absolute atomic E-state index is 0.0494. The maximum absolute atomic E-state index is 12.1. The van der Waals surface area contributed by atoms with Gasteiger partial charge in [0.25, 0.3) is 10.0 Å². The highest BCUT2D eigenvalue weighted by Crippen LogP contribution is 2.23. The molecule has 4 nitrogen and oxygen atoms in total. The fraction of sp³-hybridized carbons (Fsp3) is 0. The molecule has 0 aliphatic heterocycles. The molecule has 1 aromatic heterocycles. The number of rotatable bonds is 3. The maximum Gasteiger partial charge on any atom is 0.264 e. The third-order valence-corrected chi connectivity index (χ3v) is 4.41. The van der Waals surface area contributed by atoms with Crippen LogP contribution in [0, 0.1) is 0 Å². The van der Waals surface area contributed by atoms with Gasteiger partial charge in [0.05, 0.1) is 0 Å². The summed E-state index contributed by atoms with van der Waals surface area (Å²) in [6, 6.07) is 9.74. The Bertz CT molecular complexity index is 676. The molecule has 0 saturated heterocycles. The first kappa shape index (κ1) is 13.3. The van der Waals surface area contributed by atoms with Crippen molar-refractivity contribution >= 4 is 43.2 Å². The molecule has 0 atom stereocenters. The predicted octanol–water partition coefficient (Wildman–Crippen LogP) is 3.30. The molecule has 0 unspecified atom stereocenters. The van der Waals surface area contributed by atoms with E-state index in [2.05, 4.69) is 25.6 Å². The van der Waals surface area contributed by atoms with E-state index in [0.29, 0.717) is 5.69 Å². The molecule has 0 amide bonds. The Labute approximate surface area is 118 Å². The highest BCUT2D eigenvalue weighted by atomic mass is 79.9. The van der Waals surface area contributed by atoms with Gasteiger partial charge < -0.3 is 0 Å². The van der Waals surface area contributed by atoms with E-state index in [1.165, 1.54) is 18.3 Å². The van der Waals surface area contributed by atoms with Crippen molar-refractivity contribution in [1.82, 2.24) is 4.98 Å². The second kappa shape index (κ2) is 5.26. The highest BCUT2D eigenvalue weighted by molar-refractivity contribution is 9.10. The summed E-state index contributed by atoms with van der Waals surface area (Å²) in [4.78, 5) is 3.69. The summed E-state index contributed by atoms with van der Waals surface area (Å²) in [7, 11) is -3.73. The number of anilines is 1. The lowest BCUT2D eigenvalue weighted by Crippen LogP contribution is -2.13. The minimum Gasteiger partial charge on any atom is -0.279 e. The van der Waals surface area contributed by atoms with Crippen LogP contribution >= 0.6 is 27.5 Å². The first-order valence-electron chi connectivity index (χ1n) is 4.88. The van der Waals surface area contributed by atoms with E-state index >= 15 is 0 Å². The Hall–Kier alpha value is -1.11. The van der Waals surface area contributed by atoms with Crippen LogP contribution in [0.15, 0.2) is 52.0 Å². The molecule has 94 valence electrons. The van der Waals surface area contributed by atoms with E-state index in [1.54, 1.807) is 24.3 Å². The number of aromatic nitrogens is 1. The standard InChI is InChI=1S/C11H8BrClN2O2S/c12-8-3-1-4-9(7-8)15-18(16,17)10-5-2-6-14-11(10)13/h1-7,15H. The quantitative estimate of drug-likeness (QED) is 0.867. The van der Waals surface area contributed by atoms with E-state index in [-0.39, 0.29) is 10.0 Å². The predicted molar refractivity (Wildman–Crippen MR) is 74.2 cm³/mol. The largest absolute Gasteiger partial charge is 0.279 e. The fourth-order valence-corrected chi connectivity index (χ4v) is 3.24. The number of hydrogen-bond acceptors (Lipinski definition) is 3. The summed E-state index contributed by atoms with van der Waals surface area (Å²) in [5, 5.41) is -0.0556. The topological polar surface area (TPSA) is 59.1 Å². The average molecular weight is 348 g/mol. The molecule has 0 saturated carbocycles. The summed E-state index contributed by atoms with van der Waals surface area (Å²) < 4.78 is 27.4. The molecule has 2 aromatic rings. The zero-order valence-electron chi connectivity index (χ0n) is 8.97. The van der Waals surface area contributed by atoms with Crippen molar-refractivity contribution in [3.8, 4) is 0 Å². The smallest absolute Gasteiger partial charge is 0.264 e. The zero-order valence-corrected chi connectivity index (χ0v) is 12.1. The molecular weight excluding hydrogens is 340 g/mol. The molecule has 0 radical (unpaired) electrons. The van der Waals surface area contributed by atoms with Crippen molar-refractivity contribution in [3.05, 3.63) is 52.2 Å². The summed E-state index contributed by atoms with van der Waals surface area (Å²) in [6.07, 6.45) is 1.43. The van der Waals surface area contributed by atoms with Gasteiger partial charge >= 0.3 is 0 Å². The number of pyridine rings is 1. The SMILES string of the molecule is O=S(=O)(Nc1cccc(Br)c1)c1cccnc1Cl. The summed E-state index contributed by atoms with van der Waals surface area (Å²) in [5.74, 6) is 0. The molecule has 1 N–H and O–H groups in total. The monoisotopic (exact) mass is 346 g/mol. The van der Waals surface area contributed by atoms with Crippen LogP contribution in [-0.2, 0) is 10.0 Å². The number of halogens is 2. The molecule has 18 heavy (non-hydrogen) atoms. The number of benzene rings is 1. The van der Waals surface area contributed by atoms with Crippen LogP contribution in [0.25, 0.3) is 0 Å². The summed E-state index contributed by atoms with van der Waals surface area (Å²) in [5.41, 5.74) is 0.448. The van der Waals surface area contributed by atoms with E-state index in [9.17, 15) is 8.42 Å². The van der Waals surface area contributed by atoms with Gasteiger partial charge in [-0.2, -0.15) is 0 Å². The third-order valence-electron chi connectivity index (χ3n) is 2.09. The zero-order chi connectivity index (χ0) is 13.2. The molecular formula is C11H8BrClN2O2S. The molecule has 2 rings (SSSR count). The molecule has 0 aliphatic rings. The van der Waals surface area contributed by atoms with Gasteiger partial charge in [-0.3, -0.25) is 4.72 Å². The van der Waals surface area contributed by atoms with E-state index in [0.717, 1.165) is 4.47 Å². The first-order chi connectivity index (χ1) is 8.49. The second-order valence-corrected chi connectivity index (χ2v) is 6.33. The lowest BCUT2D eigenvalue weighted by molar-refractivity contribution is 0.601. The molecule has 0 spiro atoms. The number of sulfonamides is 1. The van der Waals surface area contributed by atoms with Gasteiger partial charge in [0.1, 0.15) is 10.0 Å². The van der Waals surface area contributed by atoms with Gasteiger partial charge in [0.15, 0.2) is 0 Å². The van der Waals surface area contributed by atoms with Gasteiger partial charge in [-0.25, -0.2) is 13.4 Å². The first-order valence-corrected chi connectivity index (χ1v) is 7.53. The normalized spacial score (nSPS) is 11.2. The van der Waals surface area contributed by atoms with Crippen molar-refractivity contribution in [2.75, 3.05) is 4.72 Å². The summed E-state index contributed by atoms with van der Waals surface area (Å²) >= 11 is 9.03. The molecule has 0 fully saturated rings. The van der Waals surface area contributed by atoms with Crippen LogP contribution in [0.4, 0.5) is 5.69 Å². The molecule has 1 aromatic carbocycles. The van der Waals surface area contributed by atoms with Crippen molar-refractivity contribution in [2.45, 2.75) is 4.90 Å². The molecule has 0 bridgehead atoms. The van der Waals surface area contributed by atoms with Crippen LogP contribution < -0.4 is 4.72 Å². The van der Waals surface area contributed by atoms with Gasteiger partial charge in [0, 0.05) is 16.4 Å². The molecule has 0 aliphatic carbocycles. The van der Waals surface area contributed by atoms with E-state index in [1.807, 2.05) is 0 Å². The Morgan fingerprint density at radius 2 is 2.00 bits per heavy atom. The fourth-order valence-electron chi connectivity index (χ4n) is 1.33. The average Bonchev–Trinajstić information content (AvgIpc) is 2.28. The van der Waals surface area contributed by atoms with Crippen LogP contribution in [0.5, 0.6) is 0 Å². The van der Waals surface area contributed by atoms with Crippen molar-refractivity contribution in [3.63, 3.8) is 0 Å². The van der Waals surface area contributed by atoms with Crippen molar-refractivity contribution in [1.29, 1.82) is 0 Å². The van der Waals surface area contributed by atoms with Gasteiger partial charge in [-0.15, -0.1) is 0 Å². The lowest BCUT2D eigenvalue weighted by Gasteiger charge is -2.08. The second-order valence-electron chi connectivity index (χ2n) is 3.41. The van der Waals surface area contributed by atoms with Gasteiger partial charge in [-0.05, 0) is 30.3 Å².